The zero-order valence-corrected chi connectivity index (χ0v) is 15.1. The van der Waals surface area contributed by atoms with E-state index in [0.717, 1.165) is 5.75 Å². The molecule has 2 aliphatic heterocycles. The monoisotopic (exact) mass is 368 g/mol. The number of aliphatic carboxylic acids is 1. The molecule has 2 heterocycles. The number of carbonyl (C=O) groups is 1. The van der Waals surface area contributed by atoms with Crippen LogP contribution in [0.1, 0.15) is 6.92 Å². The lowest BCUT2D eigenvalue weighted by Crippen LogP contribution is -2.42. The molecule has 2 aliphatic rings. The van der Waals surface area contributed by atoms with Crippen molar-refractivity contribution in [3.8, 4) is 5.75 Å². The summed E-state index contributed by atoms with van der Waals surface area (Å²) in [5.74, 6) is -0.291. The molecule has 1 N–H and O–H groups in total. The van der Waals surface area contributed by atoms with E-state index in [1.165, 1.54) is 4.31 Å². The number of carboxylic acid groups (broad SMARTS) is 1. The van der Waals surface area contributed by atoms with Crippen LogP contribution in [0, 0.1) is 11.3 Å². The standard InChI is InChI=1S/C17H24N2O5S/c1-2-25(22,23)19-11-14-10-18(12-17(14,13-19)16(20)21)8-9-24-15-6-4-3-5-7-15/h3-7,14H,2,8-13H2,1H3,(H,20,21)/t14-,17-/m0/s1. The molecule has 8 heteroatoms. The van der Waals surface area contributed by atoms with E-state index in [-0.39, 0.29) is 18.2 Å². The summed E-state index contributed by atoms with van der Waals surface area (Å²) in [5.41, 5.74) is -1.00. The molecule has 0 aliphatic carbocycles. The van der Waals surface area contributed by atoms with Gasteiger partial charge < -0.3 is 9.84 Å². The minimum Gasteiger partial charge on any atom is -0.492 e. The molecule has 0 spiro atoms. The third-order valence-corrected chi connectivity index (χ3v) is 7.05. The van der Waals surface area contributed by atoms with E-state index in [9.17, 15) is 18.3 Å². The average molecular weight is 368 g/mol. The molecule has 2 saturated heterocycles. The fraction of sp³-hybridized carbons (Fsp3) is 0.588. The highest BCUT2D eigenvalue weighted by atomic mass is 32.2. The molecule has 3 rings (SSSR count). The van der Waals surface area contributed by atoms with Gasteiger partial charge in [0, 0.05) is 38.6 Å². The molecule has 0 radical (unpaired) electrons. The summed E-state index contributed by atoms with van der Waals surface area (Å²) < 4.78 is 31.2. The molecule has 2 fully saturated rings. The first-order valence-electron chi connectivity index (χ1n) is 8.49. The second-order valence-corrected chi connectivity index (χ2v) is 9.01. The van der Waals surface area contributed by atoms with Gasteiger partial charge >= 0.3 is 5.97 Å². The molecule has 7 nitrogen and oxygen atoms in total. The number of para-hydroxylation sites is 1. The Morgan fingerprint density at radius 2 is 2.00 bits per heavy atom. The first-order chi connectivity index (χ1) is 11.9. The van der Waals surface area contributed by atoms with E-state index in [1.807, 2.05) is 30.3 Å². The zero-order valence-electron chi connectivity index (χ0n) is 14.3. The van der Waals surface area contributed by atoms with Crippen LogP contribution < -0.4 is 4.74 Å². The third-order valence-electron chi connectivity index (χ3n) is 5.25. The van der Waals surface area contributed by atoms with Crippen LogP contribution in [-0.4, -0.2) is 73.8 Å². The number of likely N-dealkylation sites (tertiary alicyclic amines) is 1. The van der Waals surface area contributed by atoms with Crippen molar-refractivity contribution in [2.75, 3.05) is 45.1 Å². The van der Waals surface area contributed by atoms with Crippen molar-refractivity contribution in [2.24, 2.45) is 11.3 Å². The fourth-order valence-corrected chi connectivity index (χ4v) is 5.00. The van der Waals surface area contributed by atoms with E-state index in [2.05, 4.69) is 4.90 Å². The smallest absolute Gasteiger partial charge is 0.312 e. The van der Waals surface area contributed by atoms with Crippen molar-refractivity contribution in [3.63, 3.8) is 0 Å². The van der Waals surface area contributed by atoms with Gasteiger partial charge in [-0.2, -0.15) is 0 Å². The molecule has 25 heavy (non-hydrogen) atoms. The average Bonchev–Trinajstić information content (AvgIpc) is 3.11. The van der Waals surface area contributed by atoms with Crippen molar-refractivity contribution >= 4 is 16.0 Å². The normalized spacial score (nSPS) is 27.3. The first-order valence-corrected chi connectivity index (χ1v) is 10.1. The summed E-state index contributed by atoms with van der Waals surface area (Å²) in [6.07, 6.45) is 0. The van der Waals surface area contributed by atoms with Crippen molar-refractivity contribution in [1.82, 2.24) is 9.21 Å². The van der Waals surface area contributed by atoms with Gasteiger partial charge in [-0.15, -0.1) is 0 Å². The van der Waals surface area contributed by atoms with Crippen LogP contribution in [0.3, 0.4) is 0 Å². The Labute approximate surface area is 148 Å². The van der Waals surface area contributed by atoms with Crippen molar-refractivity contribution < 1.29 is 23.1 Å². The number of ether oxygens (including phenoxy) is 1. The maximum atomic E-state index is 12.1. The minimum atomic E-state index is -3.36. The van der Waals surface area contributed by atoms with Crippen molar-refractivity contribution in [3.05, 3.63) is 30.3 Å². The molecular formula is C17H24N2O5S. The number of rotatable bonds is 7. The zero-order chi connectivity index (χ0) is 18.1. The maximum Gasteiger partial charge on any atom is 0.312 e. The fourth-order valence-electron chi connectivity index (χ4n) is 3.80. The van der Waals surface area contributed by atoms with Crippen LogP contribution in [0.2, 0.25) is 0 Å². The summed E-state index contributed by atoms with van der Waals surface area (Å²) >= 11 is 0. The number of benzene rings is 1. The van der Waals surface area contributed by atoms with Crippen LogP contribution in [0.25, 0.3) is 0 Å². The lowest BCUT2D eigenvalue weighted by Gasteiger charge is -2.25. The highest BCUT2D eigenvalue weighted by Crippen LogP contribution is 2.43. The van der Waals surface area contributed by atoms with E-state index in [1.54, 1.807) is 6.92 Å². The van der Waals surface area contributed by atoms with Gasteiger partial charge in [-0.3, -0.25) is 9.69 Å². The van der Waals surface area contributed by atoms with Crippen LogP contribution in [0.15, 0.2) is 30.3 Å². The van der Waals surface area contributed by atoms with Gasteiger partial charge in [0.25, 0.3) is 0 Å². The van der Waals surface area contributed by atoms with Crippen molar-refractivity contribution in [2.45, 2.75) is 6.92 Å². The van der Waals surface area contributed by atoms with Crippen LogP contribution >= 0.6 is 0 Å². The number of hydrogen-bond donors (Lipinski definition) is 1. The Bertz CT molecular complexity index is 724. The summed E-state index contributed by atoms with van der Waals surface area (Å²) in [6, 6.07) is 9.48. The van der Waals surface area contributed by atoms with E-state index in [0.29, 0.717) is 32.8 Å². The lowest BCUT2D eigenvalue weighted by molar-refractivity contribution is -0.148. The first kappa shape index (κ1) is 18.2. The molecule has 0 aromatic heterocycles. The van der Waals surface area contributed by atoms with E-state index < -0.39 is 21.4 Å². The Balaban J connectivity index is 1.61. The molecule has 0 amide bonds. The topological polar surface area (TPSA) is 87.2 Å². The SMILES string of the molecule is CCS(=O)(=O)N1C[C@@H]2CN(CCOc3ccccc3)C[C@]2(C(=O)O)C1. The molecule has 138 valence electrons. The number of carboxylic acids is 1. The number of nitrogens with zero attached hydrogens (tertiary/aromatic N) is 2. The van der Waals surface area contributed by atoms with Gasteiger partial charge in [-0.05, 0) is 19.1 Å². The Morgan fingerprint density at radius 3 is 2.60 bits per heavy atom. The number of fused-ring (bicyclic) bond motifs is 1. The minimum absolute atomic E-state index is 0.00402. The molecular weight excluding hydrogens is 344 g/mol. The van der Waals surface area contributed by atoms with Gasteiger partial charge in [0.1, 0.15) is 12.4 Å². The quantitative estimate of drug-likeness (QED) is 0.764. The largest absolute Gasteiger partial charge is 0.492 e. The third kappa shape index (κ3) is 3.51. The van der Waals surface area contributed by atoms with Gasteiger partial charge in [0.2, 0.25) is 10.0 Å². The lowest BCUT2D eigenvalue weighted by atomic mass is 9.81. The predicted molar refractivity (Wildman–Crippen MR) is 93.0 cm³/mol. The second-order valence-electron chi connectivity index (χ2n) is 6.75. The molecule has 0 unspecified atom stereocenters. The molecule has 2 atom stereocenters. The molecule has 0 bridgehead atoms. The van der Waals surface area contributed by atoms with Gasteiger partial charge in [-0.25, -0.2) is 12.7 Å². The maximum absolute atomic E-state index is 12.1. The highest BCUT2D eigenvalue weighted by molar-refractivity contribution is 7.89. The Hall–Kier alpha value is -1.64. The predicted octanol–water partition coefficient (Wildman–Crippen LogP) is 0.734. The Kier molecular flexibility index (Phi) is 5.04. The van der Waals surface area contributed by atoms with E-state index in [4.69, 9.17) is 4.74 Å². The summed E-state index contributed by atoms with van der Waals surface area (Å²) in [7, 11) is -3.36. The summed E-state index contributed by atoms with van der Waals surface area (Å²) in [6.45, 7) is 3.99. The van der Waals surface area contributed by atoms with Gasteiger partial charge in [0.15, 0.2) is 0 Å². The second kappa shape index (κ2) is 6.93. The van der Waals surface area contributed by atoms with Crippen LogP contribution in [0.5, 0.6) is 5.75 Å². The molecule has 1 aromatic carbocycles. The number of sulfonamides is 1. The van der Waals surface area contributed by atoms with Crippen molar-refractivity contribution in [1.29, 1.82) is 0 Å². The molecule has 0 saturated carbocycles. The number of hydrogen-bond acceptors (Lipinski definition) is 5. The Morgan fingerprint density at radius 1 is 1.28 bits per heavy atom. The summed E-state index contributed by atoms with van der Waals surface area (Å²) in [5, 5.41) is 9.77. The van der Waals surface area contributed by atoms with Crippen LogP contribution in [-0.2, 0) is 14.8 Å². The summed E-state index contributed by atoms with van der Waals surface area (Å²) in [4.78, 5) is 14.0. The van der Waals surface area contributed by atoms with Gasteiger partial charge in [-0.1, -0.05) is 18.2 Å². The molecule has 1 aromatic rings. The highest BCUT2D eigenvalue weighted by Gasteiger charge is 2.59. The van der Waals surface area contributed by atoms with Crippen LogP contribution in [0.4, 0.5) is 0 Å². The van der Waals surface area contributed by atoms with Gasteiger partial charge in [0.05, 0.1) is 11.2 Å². The van der Waals surface area contributed by atoms with E-state index >= 15 is 0 Å².